The van der Waals surface area contributed by atoms with E-state index in [2.05, 4.69) is 14.9 Å². The SMILES string of the molecule is CS(=O)(=O)N1CCC[C@H](c2nccnc2N2CCCC2)C1. The summed E-state index contributed by atoms with van der Waals surface area (Å²) in [4.78, 5) is 11.3. The Morgan fingerprint density at radius 1 is 1.10 bits per heavy atom. The second kappa shape index (κ2) is 5.88. The van der Waals surface area contributed by atoms with Crippen molar-refractivity contribution in [3.63, 3.8) is 0 Å². The van der Waals surface area contributed by atoms with Crippen LogP contribution < -0.4 is 4.90 Å². The summed E-state index contributed by atoms with van der Waals surface area (Å²) in [7, 11) is -3.13. The molecule has 1 atom stereocenters. The van der Waals surface area contributed by atoms with Gasteiger partial charge in [0.1, 0.15) is 0 Å². The first-order chi connectivity index (χ1) is 10.1. The Morgan fingerprint density at radius 3 is 2.52 bits per heavy atom. The first kappa shape index (κ1) is 14.7. The molecule has 21 heavy (non-hydrogen) atoms. The predicted octanol–water partition coefficient (Wildman–Crippen LogP) is 1.22. The number of nitrogens with zero attached hydrogens (tertiary/aromatic N) is 4. The van der Waals surface area contributed by atoms with Crippen LogP contribution in [-0.2, 0) is 10.0 Å². The van der Waals surface area contributed by atoms with Crippen LogP contribution in [0.3, 0.4) is 0 Å². The van der Waals surface area contributed by atoms with E-state index in [0.717, 1.165) is 37.4 Å². The van der Waals surface area contributed by atoms with E-state index in [4.69, 9.17) is 0 Å². The van der Waals surface area contributed by atoms with Crippen molar-refractivity contribution in [2.75, 3.05) is 37.3 Å². The third-order valence-corrected chi connectivity index (χ3v) is 5.62. The van der Waals surface area contributed by atoms with Gasteiger partial charge in [-0.1, -0.05) is 0 Å². The zero-order valence-corrected chi connectivity index (χ0v) is 13.2. The Kier molecular flexibility index (Phi) is 4.12. The molecule has 0 unspecified atom stereocenters. The molecule has 1 aromatic heterocycles. The maximum Gasteiger partial charge on any atom is 0.211 e. The monoisotopic (exact) mass is 310 g/mol. The van der Waals surface area contributed by atoms with Crippen LogP contribution in [0.1, 0.15) is 37.3 Å². The summed E-state index contributed by atoms with van der Waals surface area (Å²) in [6, 6.07) is 0. The fourth-order valence-corrected chi connectivity index (χ4v) is 4.18. The van der Waals surface area contributed by atoms with Crippen LogP contribution in [0.25, 0.3) is 0 Å². The van der Waals surface area contributed by atoms with E-state index in [-0.39, 0.29) is 5.92 Å². The lowest BCUT2D eigenvalue weighted by Crippen LogP contribution is -2.39. The van der Waals surface area contributed by atoms with Crippen molar-refractivity contribution in [1.82, 2.24) is 14.3 Å². The number of hydrogen-bond acceptors (Lipinski definition) is 5. The van der Waals surface area contributed by atoms with E-state index in [9.17, 15) is 8.42 Å². The van der Waals surface area contributed by atoms with Gasteiger partial charge in [0.15, 0.2) is 5.82 Å². The van der Waals surface area contributed by atoms with Gasteiger partial charge in [0, 0.05) is 44.5 Å². The standard InChI is InChI=1S/C14H22N4O2S/c1-21(19,20)18-10-4-5-12(11-18)13-14(16-7-6-15-13)17-8-2-3-9-17/h6-7,12H,2-5,8-11H2,1H3/t12-/m0/s1. The lowest BCUT2D eigenvalue weighted by atomic mass is 9.95. The van der Waals surface area contributed by atoms with Gasteiger partial charge in [-0.25, -0.2) is 17.7 Å². The van der Waals surface area contributed by atoms with E-state index in [1.807, 2.05) is 0 Å². The topological polar surface area (TPSA) is 66.4 Å². The van der Waals surface area contributed by atoms with Gasteiger partial charge >= 0.3 is 0 Å². The van der Waals surface area contributed by atoms with Crippen molar-refractivity contribution >= 4 is 15.8 Å². The molecule has 3 heterocycles. The number of piperidine rings is 1. The Morgan fingerprint density at radius 2 is 1.81 bits per heavy atom. The lowest BCUT2D eigenvalue weighted by molar-refractivity contribution is 0.314. The van der Waals surface area contributed by atoms with Crippen molar-refractivity contribution in [1.29, 1.82) is 0 Å². The first-order valence-electron chi connectivity index (χ1n) is 7.56. The average Bonchev–Trinajstić information content (AvgIpc) is 3.01. The van der Waals surface area contributed by atoms with Crippen LogP contribution in [0.4, 0.5) is 5.82 Å². The molecule has 0 saturated carbocycles. The Bertz CT molecular complexity index is 599. The lowest BCUT2D eigenvalue weighted by Gasteiger charge is -2.32. The molecule has 0 amide bonds. The highest BCUT2D eigenvalue weighted by molar-refractivity contribution is 7.88. The Labute approximate surface area is 126 Å². The van der Waals surface area contributed by atoms with Crippen LogP contribution in [0.5, 0.6) is 0 Å². The van der Waals surface area contributed by atoms with Gasteiger partial charge in [-0.3, -0.25) is 4.98 Å². The van der Waals surface area contributed by atoms with Crippen LogP contribution in [0, 0.1) is 0 Å². The average molecular weight is 310 g/mol. The largest absolute Gasteiger partial charge is 0.355 e. The molecule has 0 radical (unpaired) electrons. The molecule has 0 spiro atoms. The highest BCUT2D eigenvalue weighted by atomic mass is 32.2. The molecule has 0 N–H and O–H groups in total. The second-order valence-corrected chi connectivity index (χ2v) is 7.90. The number of rotatable bonds is 3. The van der Waals surface area contributed by atoms with Gasteiger partial charge in [-0.15, -0.1) is 0 Å². The van der Waals surface area contributed by atoms with Crippen LogP contribution in [0.15, 0.2) is 12.4 Å². The number of anilines is 1. The van der Waals surface area contributed by atoms with Gasteiger partial charge in [-0.2, -0.15) is 0 Å². The fourth-order valence-electron chi connectivity index (χ4n) is 3.27. The van der Waals surface area contributed by atoms with Gasteiger partial charge < -0.3 is 4.90 Å². The van der Waals surface area contributed by atoms with Gasteiger partial charge in [0.2, 0.25) is 10.0 Å². The molecule has 1 aromatic rings. The molecule has 0 bridgehead atoms. The summed E-state index contributed by atoms with van der Waals surface area (Å²) in [5.74, 6) is 1.10. The molecule has 0 aromatic carbocycles. The van der Waals surface area contributed by atoms with Crippen molar-refractivity contribution in [3.05, 3.63) is 18.1 Å². The highest BCUT2D eigenvalue weighted by Gasteiger charge is 2.30. The van der Waals surface area contributed by atoms with Gasteiger partial charge in [0.25, 0.3) is 0 Å². The number of aromatic nitrogens is 2. The van der Waals surface area contributed by atoms with E-state index in [0.29, 0.717) is 13.1 Å². The van der Waals surface area contributed by atoms with Crippen molar-refractivity contribution in [3.8, 4) is 0 Å². The van der Waals surface area contributed by atoms with Gasteiger partial charge in [0.05, 0.1) is 11.9 Å². The van der Waals surface area contributed by atoms with E-state index >= 15 is 0 Å². The van der Waals surface area contributed by atoms with Crippen molar-refractivity contribution < 1.29 is 8.42 Å². The smallest absolute Gasteiger partial charge is 0.211 e. The molecular weight excluding hydrogens is 288 g/mol. The molecule has 6 nitrogen and oxygen atoms in total. The normalized spacial score (nSPS) is 24.4. The van der Waals surface area contributed by atoms with Crippen LogP contribution in [0.2, 0.25) is 0 Å². The molecule has 2 fully saturated rings. The molecule has 2 saturated heterocycles. The first-order valence-corrected chi connectivity index (χ1v) is 9.41. The summed E-state index contributed by atoms with van der Waals surface area (Å²) in [5, 5.41) is 0. The fraction of sp³-hybridized carbons (Fsp3) is 0.714. The molecular formula is C14H22N4O2S. The minimum Gasteiger partial charge on any atom is -0.355 e. The molecule has 3 rings (SSSR count). The molecule has 2 aliphatic rings. The van der Waals surface area contributed by atoms with Crippen molar-refractivity contribution in [2.45, 2.75) is 31.6 Å². The van der Waals surface area contributed by atoms with E-state index < -0.39 is 10.0 Å². The van der Waals surface area contributed by atoms with Crippen molar-refractivity contribution in [2.24, 2.45) is 0 Å². The summed E-state index contributed by atoms with van der Waals surface area (Å²) >= 11 is 0. The third kappa shape index (κ3) is 3.18. The summed E-state index contributed by atoms with van der Waals surface area (Å²) in [5.41, 5.74) is 0.966. The van der Waals surface area contributed by atoms with E-state index in [1.54, 1.807) is 16.7 Å². The van der Waals surface area contributed by atoms with Crippen LogP contribution in [-0.4, -0.2) is 55.1 Å². The molecule has 2 aliphatic heterocycles. The Hall–Kier alpha value is -1.21. The summed E-state index contributed by atoms with van der Waals surface area (Å²) < 4.78 is 25.1. The maximum atomic E-state index is 11.8. The van der Waals surface area contributed by atoms with Gasteiger partial charge in [-0.05, 0) is 25.7 Å². The van der Waals surface area contributed by atoms with E-state index in [1.165, 1.54) is 19.1 Å². The highest BCUT2D eigenvalue weighted by Crippen LogP contribution is 2.32. The molecule has 116 valence electrons. The summed E-state index contributed by atoms with van der Waals surface area (Å²) in [6.07, 6.45) is 8.97. The Balaban J connectivity index is 1.86. The number of hydrogen-bond donors (Lipinski definition) is 0. The zero-order chi connectivity index (χ0) is 14.9. The number of sulfonamides is 1. The van der Waals surface area contributed by atoms with Crippen LogP contribution >= 0.6 is 0 Å². The molecule has 0 aliphatic carbocycles. The third-order valence-electron chi connectivity index (χ3n) is 4.35. The zero-order valence-electron chi connectivity index (χ0n) is 12.4. The molecule has 7 heteroatoms. The maximum absolute atomic E-state index is 11.8. The minimum atomic E-state index is -3.13. The minimum absolute atomic E-state index is 0.151. The summed E-state index contributed by atoms with van der Waals surface area (Å²) in [6.45, 7) is 3.19. The second-order valence-electron chi connectivity index (χ2n) is 5.92. The quantitative estimate of drug-likeness (QED) is 0.840. The predicted molar refractivity (Wildman–Crippen MR) is 81.9 cm³/mol.